The Morgan fingerprint density at radius 3 is 2.44 bits per heavy atom. The van der Waals surface area contributed by atoms with Crippen molar-refractivity contribution >= 4 is 22.0 Å². The maximum absolute atomic E-state index is 13.9. The zero-order valence-electron chi connectivity index (χ0n) is 22.5. The summed E-state index contributed by atoms with van der Waals surface area (Å²) in [6.07, 6.45) is 0. The average molecular weight is 580 g/mol. The van der Waals surface area contributed by atoms with Gasteiger partial charge >= 0.3 is 12.0 Å². The Morgan fingerprint density at radius 1 is 1.00 bits per heavy atom. The summed E-state index contributed by atoms with van der Waals surface area (Å²) in [4.78, 5) is 26.2. The summed E-state index contributed by atoms with van der Waals surface area (Å²) in [5.74, 6) is 0.975. The number of carbonyl (C=O) groups excluding carboxylic acids is 2. The highest BCUT2D eigenvalue weighted by Crippen LogP contribution is 2.34. The van der Waals surface area contributed by atoms with Crippen LogP contribution in [0.5, 0.6) is 17.2 Å². The van der Waals surface area contributed by atoms with Crippen LogP contribution in [0.4, 0.5) is 4.79 Å². The van der Waals surface area contributed by atoms with Crippen molar-refractivity contribution in [2.45, 2.75) is 24.4 Å². The predicted octanol–water partition coefficient (Wildman–Crippen LogP) is 3.49. The highest BCUT2D eigenvalue weighted by Gasteiger charge is 2.36. The summed E-state index contributed by atoms with van der Waals surface area (Å²) >= 11 is 0. The van der Waals surface area contributed by atoms with E-state index in [0.29, 0.717) is 28.4 Å². The van der Waals surface area contributed by atoms with Gasteiger partial charge in [-0.2, -0.15) is 4.31 Å². The first-order chi connectivity index (χ1) is 19.8. The van der Waals surface area contributed by atoms with Crippen molar-refractivity contribution in [2.75, 3.05) is 27.1 Å². The van der Waals surface area contributed by atoms with Gasteiger partial charge in [-0.3, -0.25) is 0 Å². The van der Waals surface area contributed by atoms with Crippen LogP contribution in [-0.4, -0.2) is 51.8 Å². The number of hydrogen-bond donors (Lipinski definition) is 2. The van der Waals surface area contributed by atoms with Crippen molar-refractivity contribution in [1.82, 2.24) is 14.9 Å². The largest absolute Gasteiger partial charge is 0.497 e. The lowest BCUT2D eigenvalue weighted by Gasteiger charge is -2.32. The SMILES string of the molecule is CCOC(=O)C1=C(CN(Cc2ccc3c(c2)OCO3)S(=O)(=O)c2ccccc2)NC(=O)NC1c1ccc(OC)cc1. The first-order valence-electron chi connectivity index (χ1n) is 12.9. The van der Waals surface area contributed by atoms with Crippen LogP contribution < -0.4 is 24.8 Å². The summed E-state index contributed by atoms with van der Waals surface area (Å²) in [7, 11) is -2.56. The minimum Gasteiger partial charge on any atom is -0.497 e. The standard InChI is InChI=1S/C29H29N3O8S/c1-3-38-28(33)26-23(30-29(34)31-27(26)20-10-12-21(37-2)13-11-20)17-32(41(35,36)22-7-5-4-6-8-22)16-19-9-14-24-25(15-19)40-18-39-24/h4-15,27H,3,16-18H2,1-2H3,(H2,30,31,34). The molecule has 3 aromatic carbocycles. The molecule has 2 amide bonds. The van der Waals surface area contributed by atoms with Crippen LogP contribution in [0, 0.1) is 0 Å². The Labute approximate surface area is 237 Å². The normalized spacial score (nSPS) is 16.3. The molecule has 3 aromatic rings. The summed E-state index contributed by atoms with van der Waals surface area (Å²) in [5, 5.41) is 5.43. The van der Waals surface area contributed by atoms with Gasteiger partial charge in [0.25, 0.3) is 0 Å². The molecule has 2 heterocycles. The number of urea groups is 1. The molecule has 214 valence electrons. The number of rotatable bonds is 10. The molecule has 0 saturated heterocycles. The van der Waals surface area contributed by atoms with Crippen LogP contribution in [-0.2, 0) is 26.1 Å². The second-order valence-electron chi connectivity index (χ2n) is 9.19. The molecule has 0 aromatic heterocycles. The van der Waals surface area contributed by atoms with Crippen molar-refractivity contribution in [3.8, 4) is 17.2 Å². The fraction of sp³-hybridized carbons (Fsp3) is 0.241. The van der Waals surface area contributed by atoms with Crippen LogP contribution in [0.2, 0.25) is 0 Å². The summed E-state index contributed by atoms with van der Waals surface area (Å²) in [6, 6.07) is 18.5. The van der Waals surface area contributed by atoms with Crippen molar-refractivity contribution < 1.29 is 37.0 Å². The molecule has 0 aliphatic carbocycles. The Morgan fingerprint density at radius 2 is 1.73 bits per heavy atom. The number of fused-ring (bicyclic) bond motifs is 1. The number of amides is 2. The molecule has 1 unspecified atom stereocenters. The van der Waals surface area contributed by atoms with Crippen LogP contribution in [0.25, 0.3) is 0 Å². The van der Waals surface area contributed by atoms with Crippen molar-refractivity contribution in [3.63, 3.8) is 0 Å². The maximum atomic E-state index is 13.9. The second-order valence-corrected chi connectivity index (χ2v) is 11.1. The van der Waals surface area contributed by atoms with E-state index in [0.717, 1.165) is 0 Å². The van der Waals surface area contributed by atoms with Gasteiger partial charge in [-0.25, -0.2) is 18.0 Å². The van der Waals surface area contributed by atoms with Crippen LogP contribution in [0.3, 0.4) is 0 Å². The Hall–Kier alpha value is -4.55. The van der Waals surface area contributed by atoms with E-state index in [-0.39, 0.29) is 42.7 Å². The first-order valence-corrected chi connectivity index (χ1v) is 14.3. The molecule has 12 heteroatoms. The molecule has 2 aliphatic heterocycles. The van der Waals surface area contributed by atoms with E-state index in [1.54, 1.807) is 67.6 Å². The maximum Gasteiger partial charge on any atom is 0.338 e. The van der Waals surface area contributed by atoms with Crippen LogP contribution in [0.15, 0.2) is 89.0 Å². The lowest BCUT2D eigenvalue weighted by Crippen LogP contribution is -2.49. The van der Waals surface area contributed by atoms with Gasteiger partial charge in [0.05, 0.1) is 36.8 Å². The molecular weight excluding hydrogens is 550 g/mol. The monoisotopic (exact) mass is 579 g/mol. The quantitative estimate of drug-likeness (QED) is 0.349. The smallest absolute Gasteiger partial charge is 0.338 e. The minimum atomic E-state index is -4.10. The average Bonchev–Trinajstić information content (AvgIpc) is 3.45. The van der Waals surface area contributed by atoms with Gasteiger partial charge in [-0.15, -0.1) is 0 Å². The van der Waals surface area contributed by atoms with E-state index in [1.165, 1.54) is 23.5 Å². The highest BCUT2D eigenvalue weighted by atomic mass is 32.2. The Kier molecular flexibility index (Phi) is 8.13. The van der Waals surface area contributed by atoms with E-state index in [1.807, 2.05) is 0 Å². The number of methoxy groups -OCH3 is 1. The highest BCUT2D eigenvalue weighted by molar-refractivity contribution is 7.89. The zero-order valence-corrected chi connectivity index (χ0v) is 23.3. The van der Waals surface area contributed by atoms with Gasteiger partial charge in [-0.1, -0.05) is 36.4 Å². The molecule has 11 nitrogen and oxygen atoms in total. The number of benzene rings is 3. The van der Waals surface area contributed by atoms with Crippen LogP contribution in [0.1, 0.15) is 24.1 Å². The number of nitrogens with one attached hydrogen (secondary N) is 2. The molecular formula is C29H29N3O8S. The Balaban J connectivity index is 1.59. The second kappa shape index (κ2) is 11.9. The number of sulfonamides is 1. The van der Waals surface area contributed by atoms with E-state index in [2.05, 4.69) is 10.6 Å². The molecule has 0 radical (unpaired) electrons. The summed E-state index contributed by atoms with van der Waals surface area (Å²) in [5.41, 5.74) is 1.41. The molecule has 1 atom stereocenters. The fourth-order valence-electron chi connectivity index (χ4n) is 4.63. The van der Waals surface area contributed by atoms with Gasteiger partial charge in [0.1, 0.15) is 5.75 Å². The van der Waals surface area contributed by atoms with Gasteiger partial charge in [0.15, 0.2) is 11.5 Å². The van der Waals surface area contributed by atoms with Crippen molar-refractivity contribution in [3.05, 3.63) is 95.2 Å². The number of esters is 1. The van der Waals surface area contributed by atoms with Crippen LogP contribution >= 0.6 is 0 Å². The topological polar surface area (TPSA) is 132 Å². The molecule has 0 saturated carbocycles. The molecule has 2 aliphatic rings. The van der Waals surface area contributed by atoms with E-state index < -0.39 is 28.1 Å². The lowest BCUT2D eigenvalue weighted by atomic mass is 9.95. The molecule has 41 heavy (non-hydrogen) atoms. The van der Waals surface area contributed by atoms with Gasteiger partial charge < -0.3 is 29.6 Å². The van der Waals surface area contributed by atoms with Gasteiger partial charge in [0.2, 0.25) is 16.8 Å². The summed E-state index contributed by atoms with van der Waals surface area (Å²) < 4.78 is 50.5. The van der Waals surface area contributed by atoms with E-state index in [9.17, 15) is 18.0 Å². The Bertz CT molecular complexity index is 1570. The predicted molar refractivity (Wildman–Crippen MR) is 148 cm³/mol. The van der Waals surface area contributed by atoms with E-state index in [4.69, 9.17) is 18.9 Å². The third kappa shape index (κ3) is 5.98. The molecule has 2 N–H and O–H groups in total. The molecule has 0 fully saturated rings. The third-order valence-corrected chi connectivity index (χ3v) is 8.42. The number of carbonyl (C=O) groups is 2. The lowest BCUT2D eigenvalue weighted by molar-refractivity contribution is -0.139. The molecule has 0 bridgehead atoms. The van der Waals surface area contributed by atoms with Gasteiger partial charge in [0, 0.05) is 12.2 Å². The number of hydrogen-bond acceptors (Lipinski definition) is 8. The first kappa shape index (κ1) is 28.0. The van der Waals surface area contributed by atoms with Gasteiger partial charge in [-0.05, 0) is 54.4 Å². The summed E-state index contributed by atoms with van der Waals surface area (Å²) in [6.45, 7) is 1.43. The van der Waals surface area contributed by atoms with Crippen molar-refractivity contribution in [1.29, 1.82) is 0 Å². The zero-order chi connectivity index (χ0) is 29.0. The van der Waals surface area contributed by atoms with Crippen molar-refractivity contribution in [2.24, 2.45) is 0 Å². The number of ether oxygens (including phenoxy) is 4. The molecule has 0 spiro atoms. The number of nitrogens with zero attached hydrogens (tertiary/aromatic N) is 1. The molecule has 5 rings (SSSR count). The fourth-order valence-corrected chi connectivity index (χ4v) is 6.04. The minimum absolute atomic E-state index is 0.0611. The van der Waals surface area contributed by atoms with E-state index >= 15 is 0 Å². The third-order valence-electron chi connectivity index (χ3n) is 6.61.